The zero-order chi connectivity index (χ0) is 46.2. The third kappa shape index (κ3) is 7.79. The van der Waals surface area contributed by atoms with Crippen molar-refractivity contribution in [2.75, 3.05) is 19.6 Å². The van der Waals surface area contributed by atoms with E-state index in [0.29, 0.717) is 89.5 Å². The third-order valence-corrected chi connectivity index (χ3v) is 14.9. The normalized spacial score (nSPS) is 28.0. The summed E-state index contributed by atoms with van der Waals surface area (Å²) in [6, 6.07) is 18.5. The van der Waals surface area contributed by atoms with Crippen LogP contribution in [0.4, 0.5) is 0 Å². The number of nitrogens with zero attached hydrogens (tertiary/aromatic N) is 6. The highest BCUT2D eigenvalue weighted by atomic mass is 31.2. The number of carbonyl (C=O) groups excluding carboxylic acids is 3. The van der Waals surface area contributed by atoms with Crippen molar-refractivity contribution >= 4 is 25.5 Å². The van der Waals surface area contributed by atoms with Crippen LogP contribution in [0, 0.1) is 34.0 Å². The van der Waals surface area contributed by atoms with Crippen LogP contribution in [0.3, 0.4) is 0 Å². The molecule has 3 aromatic rings. The Morgan fingerprint density at radius 2 is 0.800 bits per heavy atom. The maximum atomic E-state index is 16.8. The molecule has 3 aromatic carbocycles. The summed E-state index contributed by atoms with van der Waals surface area (Å²) >= 11 is 0. The minimum absolute atomic E-state index is 0.176. The van der Waals surface area contributed by atoms with Gasteiger partial charge in [-0.3, -0.25) is 28.0 Å². The zero-order valence-corrected chi connectivity index (χ0v) is 38.1. The van der Waals surface area contributed by atoms with Gasteiger partial charge in [-0.05, 0) is 115 Å². The smallest absolute Gasteiger partial charge is 0.476 e. The van der Waals surface area contributed by atoms with Crippen molar-refractivity contribution in [2.45, 2.75) is 133 Å². The Morgan fingerprint density at radius 3 is 1.03 bits per heavy atom. The number of carbonyl (C=O) groups is 3. The number of hydrogen-bond donors (Lipinski definition) is 0. The topological polar surface area (TPSA) is 205 Å². The molecule has 6 aliphatic rings. The van der Waals surface area contributed by atoms with Crippen molar-refractivity contribution < 1.29 is 46.7 Å². The van der Waals surface area contributed by atoms with Crippen molar-refractivity contribution in [1.29, 1.82) is 15.8 Å². The van der Waals surface area contributed by atoms with Crippen molar-refractivity contribution in [3.8, 4) is 35.5 Å². The Labute approximate surface area is 378 Å². The Balaban J connectivity index is 1.24. The number of phosphoric acid groups is 1. The molecular formula is C48H51N6O10P. The van der Waals surface area contributed by atoms with Gasteiger partial charge in [-0.2, -0.15) is 15.8 Å². The van der Waals surface area contributed by atoms with Crippen LogP contribution in [0.1, 0.15) is 132 Å². The number of benzene rings is 3. The number of hydrogen-bond acceptors (Lipinski definition) is 13. The van der Waals surface area contributed by atoms with Gasteiger partial charge in [0, 0.05) is 55.6 Å². The molecule has 7 atom stereocenters. The van der Waals surface area contributed by atoms with E-state index in [1.54, 1.807) is 111 Å². The average molecular weight is 903 g/mol. The van der Waals surface area contributed by atoms with Gasteiger partial charge in [0.1, 0.15) is 52.4 Å². The van der Waals surface area contributed by atoms with Gasteiger partial charge in [-0.25, -0.2) is 4.57 Å². The lowest BCUT2D eigenvalue weighted by molar-refractivity contribution is -0.155. The Bertz CT molecular complexity index is 2380. The number of amides is 3. The average Bonchev–Trinajstić information content (AvgIpc) is 4.01. The fourth-order valence-corrected chi connectivity index (χ4v) is 12.5. The molecule has 0 saturated carbocycles. The number of phosphoric ester groups is 1. The highest BCUT2D eigenvalue weighted by Crippen LogP contribution is 2.64. The molecule has 0 radical (unpaired) electrons. The SMILES string of the molecule is CC1(C)Oc2ccc(C#N)cc2[C@H](N2CCCC2=O)C1OP(=O)(O[C@H]1C(N2CCCC2=O)c2cc(C#N)ccc2OC1(C)C)O[C@H]1[C@@H](N2CCCC2=O)c2cc(C#N)ccc2OC1(C)C. The number of fused-ring (bicyclic) bond motifs is 3. The van der Waals surface area contributed by atoms with Gasteiger partial charge in [-0.15, -0.1) is 0 Å². The molecule has 3 amide bonds. The van der Waals surface area contributed by atoms with Crippen molar-refractivity contribution in [2.24, 2.45) is 0 Å². The molecule has 16 nitrogen and oxygen atoms in total. The molecule has 65 heavy (non-hydrogen) atoms. The quantitative estimate of drug-likeness (QED) is 0.191. The fraction of sp³-hybridized carbons (Fsp3) is 0.500. The summed E-state index contributed by atoms with van der Waals surface area (Å²) in [6.07, 6.45) is -1.43. The van der Waals surface area contributed by atoms with Gasteiger partial charge in [-0.1, -0.05) is 0 Å². The lowest BCUT2D eigenvalue weighted by Crippen LogP contribution is -2.58. The predicted octanol–water partition coefficient (Wildman–Crippen LogP) is 7.47. The standard InChI is InChI=1S/C48H51N6O10P/c1-46(2)43(40(52-19-7-10-37(52)55)31-22-28(25-49)13-16-34(31)59-46)62-65(58,63-44-41(53-20-8-11-38(53)56)32-23-29(26-50)14-17-35(32)60-47(44,3)4)64-45-42(54-21-9-12-39(54)57)33-24-30(27-51)15-18-36(33)61-48(45,5)6/h13-18,22-24,40-45H,7-12,19-21H2,1-6H3/t40-,41-,42?,43-,44?,45-,65?/m0/s1. The first-order valence-corrected chi connectivity index (χ1v) is 23.6. The summed E-state index contributed by atoms with van der Waals surface area (Å²) in [7, 11) is -5.20. The van der Waals surface area contributed by atoms with E-state index >= 15 is 4.57 Å². The first-order valence-electron chi connectivity index (χ1n) is 22.1. The largest absolute Gasteiger partial charge is 0.485 e. The van der Waals surface area contributed by atoms with E-state index < -0.39 is 61.1 Å². The molecule has 0 bridgehead atoms. The molecule has 6 heterocycles. The Morgan fingerprint density at radius 1 is 0.523 bits per heavy atom. The van der Waals surface area contributed by atoms with Crippen molar-refractivity contribution in [3.05, 3.63) is 88.0 Å². The number of nitriles is 3. The van der Waals surface area contributed by atoms with Crippen LogP contribution < -0.4 is 14.2 Å². The van der Waals surface area contributed by atoms with Gasteiger partial charge >= 0.3 is 7.82 Å². The fourth-order valence-electron chi connectivity index (χ4n) is 10.4. The molecular weight excluding hydrogens is 852 g/mol. The number of likely N-dealkylation sites (tertiary alicyclic amines) is 3. The predicted molar refractivity (Wildman–Crippen MR) is 231 cm³/mol. The van der Waals surface area contributed by atoms with Crippen LogP contribution in [-0.2, 0) is 32.5 Å². The van der Waals surface area contributed by atoms with Crippen molar-refractivity contribution in [1.82, 2.24) is 14.7 Å². The van der Waals surface area contributed by atoms with Crippen LogP contribution in [0.5, 0.6) is 17.2 Å². The summed E-state index contributed by atoms with van der Waals surface area (Å²) in [4.78, 5) is 46.4. The van der Waals surface area contributed by atoms with E-state index in [9.17, 15) is 30.2 Å². The molecule has 3 saturated heterocycles. The highest BCUT2D eigenvalue weighted by molar-refractivity contribution is 7.48. The number of rotatable bonds is 9. The van der Waals surface area contributed by atoms with E-state index in [2.05, 4.69) is 18.2 Å². The van der Waals surface area contributed by atoms with E-state index in [1.165, 1.54) is 0 Å². The molecule has 0 spiro atoms. The summed E-state index contributed by atoms with van der Waals surface area (Å²) in [5.74, 6) is 0.705. The lowest BCUT2D eigenvalue weighted by Gasteiger charge is -2.51. The van der Waals surface area contributed by atoms with E-state index in [-0.39, 0.29) is 37.0 Å². The molecule has 17 heteroatoms. The highest BCUT2D eigenvalue weighted by Gasteiger charge is 2.60. The second kappa shape index (κ2) is 16.2. The second-order valence-electron chi connectivity index (χ2n) is 19.1. The molecule has 0 aliphatic carbocycles. The van der Waals surface area contributed by atoms with E-state index in [4.69, 9.17) is 27.8 Å². The van der Waals surface area contributed by atoms with Gasteiger partial charge < -0.3 is 28.9 Å². The Kier molecular flexibility index (Phi) is 11.0. The first kappa shape index (κ1) is 44.3. The first-order chi connectivity index (χ1) is 30.9. The summed E-state index contributed by atoms with van der Waals surface area (Å²) in [5, 5.41) is 30.1. The van der Waals surface area contributed by atoms with Crippen LogP contribution in [0.25, 0.3) is 0 Å². The molecule has 3 unspecified atom stereocenters. The maximum Gasteiger partial charge on any atom is 0.476 e. The Hall–Kier alpha value is -5.95. The van der Waals surface area contributed by atoms with Gasteiger partial charge in [0.15, 0.2) is 0 Å². The number of ether oxygens (including phenoxy) is 3. The monoisotopic (exact) mass is 902 g/mol. The maximum absolute atomic E-state index is 16.8. The van der Waals surface area contributed by atoms with Gasteiger partial charge in [0.2, 0.25) is 17.7 Å². The molecule has 0 N–H and O–H groups in total. The van der Waals surface area contributed by atoms with Crippen LogP contribution >= 0.6 is 7.82 Å². The van der Waals surface area contributed by atoms with E-state index in [0.717, 1.165) is 0 Å². The minimum atomic E-state index is -5.20. The molecule has 6 aliphatic heterocycles. The molecule has 338 valence electrons. The van der Waals surface area contributed by atoms with Crippen molar-refractivity contribution in [3.63, 3.8) is 0 Å². The van der Waals surface area contributed by atoms with Gasteiger partial charge in [0.05, 0.1) is 53.0 Å². The minimum Gasteiger partial charge on any atom is -0.485 e. The summed E-state index contributed by atoms with van der Waals surface area (Å²) < 4.78 is 57.7. The second-order valence-corrected chi connectivity index (χ2v) is 20.7. The molecule has 0 aromatic heterocycles. The lowest BCUT2D eigenvalue weighted by atomic mass is 9.85. The molecule has 3 fully saturated rings. The molecule has 9 rings (SSSR count). The van der Waals surface area contributed by atoms with Crippen LogP contribution in [0.2, 0.25) is 0 Å². The third-order valence-electron chi connectivity index (χ3n) is 13.5. The zero-order valence-electron chi connectivity index (χ0n) is 37.2. The summed E-state index contributed by atoms with van der Waals surface area (Å²) in [6.45, 7) is 11.5. The van der Waals surface area contributed by atoms with Gasteiger partial charge in [0.25, 0.3) is 0 Å². The van der Waals surface area contributed by atoms with Crippen LogP contribution in [0.15, 0.2) is 54.6 Å². The summed E-state index contributed by atoms with van der Waals surface area (Å²) in [5.41, 5.74) is -1.70. The van der Waals surface area contributed by atoms with E-state index in [1.807, 2.05) is 0 Å². The van der Waals surface area contributed by atoms with Crippen LogP contribution in [-0.4, -0.2) is 87.2 Å².